The molecular weight excluding hydrogens is 422 g/mol. The van der Waals surface area contributed by atoms with Gasteiger partial charge in [-0.05, 0) is 55.0 Å². The zero-order chi connectivity index (χ0) is 22.7. The molecule has 0 N–H and O–H groups in total. The van der Waals surface area contributed by atoms with Crippen LogP contribution in [0.2, 0.25) is 0 Å². The fourth-order valence-corrected chi connectivity index (χ4v) is 5.14. The Labute approximate surface area is 189 Å². The van der Waals surface area contributed by atoms with Crippen molar-refractivity contribution in [1.29, 1.82) is 0 Å². The smallest absolute Gasteiger partial charge is 0.264 e. The summed E-state index contributed by atoms with van der Waals surface area (Å²) in [5.41, 5.74) is 3.32. The van der Waals surface area contributed by atoms with Crippen molar-refractivity contribution in [2.75, 3.05) is 42.4 Å². The van der Waals surface area contributed by atoms with Gasteiger partial charge in [-0.15, -0.1) is 0 Å². The molecule has 1 aliphatic heterocycles. The standard InChI is InChI=1S/C25H27N3O3S/c1-20-8-6-12-23(18-20)27-14-16-28(17-15-27)25(29)21-9-7-13-24(19-21)32(30,31)26(2)22-10-4-3-5-11-22/h3-13,18-19H,14-17H2,1-2H3. The van der Waals surface area contributed by atoms with Crippen LogP contribution in [0, 0.1) is 6.92 Å². The highest BCUT2D eigenvalue weighted by atomic mass is 32.2. The average Bonchev–Trinajstić information content (AvgIpc) is 2.84. The number of hydrogen-bond acceptors (Lipinski definition) is 4. The molecule has 3 aromatic carbocycles. The summed E-state index contributed by atoms with van der Waals surface area (Å²) in [6, 6.07) is 23.5. The number of rotatable bonds is 5. The molecule has 7 heteroatoms. The third-order valence-corrected chi connectivity index (χ3v) is 7.57. The Balaban J connectivity index is 1.48. The van der Waals surface area contributed by atoms with Gasteiger partial charge in [0.15, 0.2) is 0 Å². The Kier molecular flexibility index (Phi) is 6.19. The summed E-state index contributed by atoms with van der Waals surface area (Å²) in [5.74, 6) is -0.145. The number of hydrogen-bond donors (Lipinski definition) is 0. The molecule has 0 aliphatic carbocycles. The Morgan fingerprint density at radius 3 is 2.22 bits per heavy atom. The lowest BCUT2D eigenvalue weighted by molar-refractivity contribution is 0.0746. The van der Waals surface area contributed by atoms with Gasteiger partial charge in [0.05, 0.1) is 10.6 Å². The lowest BCUT2D eigenvalue weighted by Gasteiger charge is -2.36. The van der Waals surface area contributed by atoms with Crippen LogP contribution >= 0.6 is 0 Å². The van der Waals surface area contributed by atoms with Gasteiger partial charge in [-0.1, -0.05) is 36.4 Å². The molecule has 0 spiro atoms. The van der Waals surface area contributed by atoms with Gasteiger partial charge in [-0.3, -0.25) is 9.10 Å². The number of carbonyl (C=O) groups excluding carboxylic acids is 1. The first-order chi connectivity index (χ1) is 15.4. The van der Waals surface area contributed by atoms with Crippen molar-refractivity contribution >= 4 is 27.3 Å². The number of nitrogens with zero attached hydrogens (tertiary/aromatic N) is 3. The molecule has 1 fully saturated rings. The molecule has 1 aliphatic rings. The molecule has 1 saturated heterocycles. The topological polar surface area (TPSA) is 60.9 Å². The van der Waals surface area contributed by atoms with Crippen LogP contribution in [0.5, 0.6) is 0 Å². The van der Waals surface area contributed by atoms with E-state index in [1.165, 1.54) is 29.0 Å². The van der Waals surface area contributed by atoms with Crippen LogP contribution in [0.1, 0.15) is 15.9 Å². The zero-order valence-electron chi connectivity index (χ0n) is 18.3. The lowest BCUT2D eigenvalue weighted by Crippen LogP contribution is -2.48. The van der Waals surface area contributed by atoms with Gasteiger partial charge in [-0.2, -0.15) is 0 Å². The van der Waals surface area contributed by atoms with Crippen molar-refractivity contribution in [2.24, 2.45) is 0 Å². The predicted octanol–water partition coefficient (Wildman–Crippen LogP) is 3.78. The van der Waals surface area contributed by atoms with Crippen LogP contribution < -0.4 is 9.21 Å². The largest absolute Gasteiger partial charge is 0.368 e. The SMILES string of the molecule is Cc1cccc(N2CCN(C(=O)c3cccc(S(=O)(=O)N(C)c4ccccc4)c3)CC2)c1. The molecule has 6 nitrogen and oxygen atoms in total. The second kappa shape index (κ2) is 9.04. The fourth-order valence-electron chi connectivity index (χ4n) is 3.90. The summed E-state index contributed by atoms with van der Waals surface area (Å²) in [6.45, 7) is 4.73. The summed E-state index contributed by atoms with van der Waals surface area (Å²) in [6.07, 6.45) is 0. The second-order valence-electron chi connectivity index (χ2n) is 7.95. The van der Waals surface area contributed by atoms with Crippen LogP contribution in [0.3, 0.4) is 0 Å². The van der Waals surface area contributed by atoms with Crippen molar-refractivity contribution in [3.63, 3.8) is 0 Å². The van der Waals surface area contributed by atoms with Crippen molar-refractivity contribution in [1.82, 2.24) is 4.90 Å². The van der Waals surface area contributed by atoms with Gasteiger partial charge in [0, 0.05) is 44.5 Å². The molecule has 0 aromatic heterocycles. The van der Waals surface area contributed by atoms with E-state index < -0.39 is 10.0 Å². The minimum atomic E-state index is -3.77. The van der Waals surface area contributed by atoms with Gasteiger partial charge in [0.25, 0.3) is 15.9 Å². The number of piperazine rings is 1. The van der Waals surface area contributed by atoms with E-state index in [1.807, 2.05) is 12.1 Å². The number of anilines is 2. The zero-order valence-corrected chi connectivity index (χ0v) is 19.1. The van der Waals surface area contributed by atoms with E-state index >= 15 is 0 Å². The van der Waals surface area contributed by atoms with Gasteiger partial charge < -0.3 is 9.80 Å². The molecule has 166 valence electrons. The maximum absolute atomic E-state index is 13.1. The normalized spacial score (nSPS) is 14.3. The first kappa shape index (κ1) is 21.9. The monoisotopic (exact) mass is 449 g/mol. The third-order valence-electron chi connectivity index (χ3n) is 5.79. The van der Waals surface area contributed by atoms with E-state index in [4.69, 9.17) is 0 Å². The van der Waals surface area contributed by atoms with Crippen molar-refractivity contribution in [2.45, 2.75) is 11.8 Å². The quantitative estimate of drug-likeness (QED) is 0.595. The number of benzene rings is 3. The predicted molar refractivity (Wildman–Crippen MR) is 128 cm³/mol. The number of amides is 1. The molecule has 3 aromatic rings. The average molecular weight is 450 g/mol. The second-order valence-corrected chi connectivity index (χ2v) is 9.92. The van der Waals surface area contributed by atoms with Crippen LogP contribution in [-0.2, 0) is 10.0 Å². The summed E-state index contributed by atoms with van der Waals surface area (Å²) in [7, 11) is -2.26. The van der Waals surface area contributed by atoms with E-state index in [1.54, 1.807) is 41.3 Å². The van der Waals surface area contributed by atoms with Gasteiger partial charge in [-0.25, -0.2) is 8.42 Å². The highest BCUT2D eigenvalue weighted by molar-refractivity contribution is 7.92. The highest BCUT2D eigenvalue weighted by Crippen LogP contribution is 2.23. The molecule has 0 radical (unpaired) electrons. The maximum Gasteiger partial charge on any atom is 0.264 e. The first-order valence-corrected chi connectivity index (χ1v) is 12.1. The Morgan fingerprint density at radius 2 is 1.53 bits per heavy atom. The van der Waals surface area contributed by atoms with E-state index in [2.05, 4.69) is 30.0 Å². The van der Waals surface area contributed by atoms with Crippen LogP contribution in [0.4, 0.5) is 11.4 Å². The number of aryl methyl sites for hydroxylation is 1. The van der Waals surface area contributed by atoms with Gasteiger partial charge in [0.2, 0.25) is 0 Å². The minimum Gasteiger partial charge on any atom is -0.368 e. The number of sulfonamides is 1. The molecule has 0 atom stereocenters. The van der Waals surface area contributed by atoms with E-state index in [0.29, 0.717) is 24.3 Å². The minimum absolute atomic E-state index is 0.105. The number of carbonyl (C=O) groups is 1. The Hall–Kier alpha value is -3.32. The third kappa shape index (κ3) is 4.48. The Bertz CT molecular complexity index is 1200. The van der Waals surface area contributed by atoms with Crippen LogP contribution in [-0.4, -0.2) is 52.5 Å². The van der Waals surface area contributed by atoms with E-state index in [0.717, 1.165) is 18.8 Å². The molecule has 1 amide bonds. The highest BCUT2D eigenvalue weighted by Gasteiger charge is 2.25. The molecule has 4 rings (SSSR count). The van der Waals surface area contributed by atoms with Crippen molar-refractivity contribution in [3.05, 3.63) is 90.0 Å². The van der Waals surface area contributed by atoms with E-state index in [-0.39, 0.29) is 10.8 Å². The fraction of sp³-hybridized carbons (Fsp3) is 0.240. The molecule has 0 saturated carbocycles. The molecule has 0 unspecified atom stereocenters. The van der Waals surface area contributed by atoms with Crippen LogP contribution in [0.25, 0.3) is 0 Å². The number of para-hydroxylation sites is 1. The van der Waals surface area contributed by atoms with Crippen molar-refractivity contribution < 1.29 is 13.2 Å². The molecule has 0 bridgehead atoms. The summed E-state index contributed by atoms with van der Waals surface area (Å²) in [4.78, 5) is 17.3. The molecule has 32 heavy (non-hydrogen) atoms. The van der Waals surface area contributed by atoms with Gasteiger partial charge in [0.1, 0.15) is 0 Å². The maximum atomic E-state index is 13.1. The van der Waals surface area contributed by atoms with Crippen LogP contribution in [0.15, 0.2) is 83.8 Å². The van der Waals surface area contributed by atoms with Gasteiger partial charge >= 0.3 is 0 Å². The lowest BCUT2D eigenvalue weighted by atomic mass is 10.1. The van der Waals surface area contributed by atoms with E-state index in [9.17, 15) is 13.2 Å². The summed E-state index contributed by atoms with van der Waals surface area (Å²) in [5, 5.41) is 0. The Morgan fingerprint density at radius 1 is 0.844 bits per heavy atom. The van der Waals surface area contributed by atoms with Crippen molar-refractivity contribution in [3.8, 4) is 0 Å². The summed E-state index contributed by atoms with van der Waals surface area (Å²) < 4.78 is 27.4. The first-order valence-electron chi connectivity index (χ1n) is 10.6. The summed E-state index contributed by atoms with van der Waals surface area (Å²) >= 11 is 0. The molecule has 1 heterocycles. The molecular formula is C25H27N3O3S.